The highest BCUT2D eigenvalue weighted by Crippen LogP contribution is 2.30. The zero-order valence-electron chi connectivity index (χ0n) is 12.6. The molecular formula is C16H14Br3N3O2. The number of phenols is 1. The molecule has 0 aromatic heterocycles. The number of benzene rings is 2. The van der Waals surface area contributed by atoms with Crippen LogP contribution in [0.15, 0.2) is 54.9 Å². The first-order chi connectivity index (χ1) is 11.4. The van der Waals surface area contributed by atoms with Crippen LogP contribution in [-0.2, 0) is 4.79 Å². The molecule has 126 valence electrons. The third-order valence-corrected chi connectivity index (χ3v) is 4.59. The number of nitrogens with zero attached hydrogens (tertiary/aromatic N) is 1. The van der Waals surface area contributed by atoms with Gasteiger partial charge in [0.25, 0.3) is 5.91 Å². The molecule has 0 spiro atoms. The smallest absolute Gasteiger partial charge is 0.262 e. The van der Waals surface area contributed by atoms with Gasteiger partial charge in [0.1, 0.15) is 11.8 Å². The number of hydrogen-bond donors (Lipinski definition) is 3. The first-order valence-corrected chi connectivity index (χ1v) is 9.27. The number of hydrogen-bond acceptors (Lipinski definition) is 4. The molecule has 2 rings (SSSR count). The average Bonchev–Trinajstić information content (AvgIpc) is 2.51. The zero-order valence-corrected chi connectivity index (χ0v) is 17.3. The quantitative estimate of drug-likeness (QED) is 0.398. The van der Waals surface area contributed by atoms with Crippen molar-refractivity contribution in [1.29, 1.82) is 0 Å². The second-order valence-corrected chi connectivity index (χ2v) is 7.62. The summed E-state index contributed by atoms with van der Waals surface area (Å²) >= 11 is 9.95. The minimum Gasteiger partial charge on any atom is -0.506 e. The lowest BCUT2D eigenvalue weighted by Crippen LogP contribution is -2.34. The number of carbonyl (C=O) groups excluding carboxylic acids is 1. The van der Waals surface area contributed by atoms with Crippen LogP contribution in [0.3, 0.4) is 0 Å². The summed E-state index contributed by atoms with van der Waals surface area (Å²) in [6, 6.07) is 10.5. The summed E-state index contributed by atoms with van der Waals surface area (Å²) < 4.78 is 2.24. The average molecular weight is 520 g/mol. The molecule has 0 aliphatic heterocycles. The van der Waals surface area contributed by atoms with E-state index in [9.17, 15) is 9.90 Å². The third kappa shape index (κ3) is 5.32. The first-order valence-electron chi connectivity index (χ1n) is 6.90. The number of amides is 1. The van der Waals surface area contributed by atoms with E-state index in [1.54, 1.807) is 19.1 Å². The second-order valence-electron chi connectivity index (χ2n) is 4.94. The van der Waals surface area contributed by atoms with Crippen molar-refractivity contribution in [3.63, 3.8) is 0 Å². The number of halogens is 3. The molecular weight excluding hydrogens is 506 g/mol. The largest absolute Gasteiger partial charge is 0.506 e. The van der Waals surface area contributed by atoms with Crippen molar-refractivity contribution in [2.75, 3.05) is 5.32 Å². The van der Waals surface area contributed by atoms with Crippen LogP contribution in [0.5, 0.6) is 5.75 Å². The summed E-state index contributed by atoms with van der Waals surface area (Å²) in [6.07, 6.45) is 1.38. The standard InChI is InChI=1S/C16H14Br3N3O2/c1-9(21-13-4-2-3-11(17)6-13)16(24)22-20-8-10-5-12(18)7-14(19)15(10)23/h2-9,21,23H,1H3,(H,22,24)/b20-8-/t9-/m0/s1. The molecule has 0 fully saturated rings. The van der Waals surface area contributed by atoms with E-state index < -0.39 is 6.04 Å². The summed E-state index contributed by atoms with van der Waals surface area (Å²) in [5.41, 5.74) is 3.75. The molecule has 0 radical (unpaired) electrons. The molecule has 0 unspecified atom stereocenters. The maximum atomic E-state index is 12.1. The minimum atomic E-state index is -0.473. The van der Waals surface area contributed by atoms with Crippen molar-refractivity contribution in [1.82, 2.24) is 5.43 Å². The van der Waals surface area contributed by atoms with E-state index in [1.807, 2.05) is 24.3 Å². The van der Waals surface area contributed by atoms with E-state index in [0.29, 0.717) is 10.0 Å². The van der Waals surface area contributed by atoms with Gasteiger partial charge in [0.15, 0.2) is 0 Å². The Hall–Kier alpha value is -1.38. The van der Waals surface area contributed by atoms with Gasteiger partial charge < -0.3 is 10.4 Å². The van der Waals surface area contributed by atoms with Gasteiger partial charge in [-0.3, -0.25) is 4.79 Å². The van der Waals surface area contributed by atoms with E-state index in [2.05, 4.69) is 63.6 Å². The molecule has 0 saturated heterocycles. The maximum absolute atomic E-state index is 12.1. The van der Waals surface area contributed by atoms with Gasteiger partial charge in [-0.15, -0.1) is 0 Å². The van der Waals surface area contributed by atoms with Crippen LogP contribution in [0.2, 0.25) is 0 Å². The number of rotatable bonds is 5. The highest BCUT2D eigenvalue weighted by Gasteiger charge is 2.12. The zero-order chi connectivity index (χ0) is 17.7. The van der Waals surface area contributed by atoms with Crippen LogP contribution in [0, 0.1) is 0 Å². The Morgan fingerprint density at radius 2 is 1.96 bits per heavy atom. The molecule has 0 aliphatic carbocycles. The highest BCUT2D eigenvalue weighted by atomic mass is 79.9. The molecule has 0 saturated carbocycles. The maximum Gasteiger partial charge on any atom is 0.262 e. The predicted octanol–water partition coefficient (Wildman–Crippen LogP) is 4.63. The number of aromatic hydroxyl groups is 1. The monoisotopic (exact) mass is 517 g/mol. The van der Waals surface area contributed by atoms with Crippen molar-refractivity contribution >= 4 is 65.6 Å². The molecule has 24 heavy (non-hydrogen) atoms. The van der Waals surface area contributed by atoms with Gasteiger partial charge in [-0.2, -0.15) is 5.10 Å². The number of hydrazone groups is 1. The minimum absolute atomic E-state index is 0.0523. The number of carbonyl (C=O) groups is 1. The fourth-order valence-corrected chi connectivity index (χ4v) is 3.50. The van der Waals surface area contributed by atoms with Crippen molar-refractivity contribution in [3.05, 3.63) is 55.4 Å². The lowest BCUT2D eigenvalue weighted by atomic mass is 10.2. The van der Waals surface area contributed by atoms with Crippen LogP contribution in [0.1, 0.15) is 12.5 Å². The number of nitrogens with one attached hydrogen (secondary N) is 2. The Labute approximate surface area is 164 Å². The van der Waals surface area contributed by atoms with E-state index in [0.717, 1.165) is 14.6 Å². The summed E-state index contributed by atoms with van der Waals surface area (Å²) in [5, 5.41) is 16.9. The first kappa shape index (κ1) is 19.0. The summed E-state index contributed by atoms with van der Waals surface area (Å²) in [7, 11) is 0. The number of anilines is 1. The SMILES string of the molecule is C[C@H](Nc1cccc(Br)c1)C(=O)N/N=C\c1cc(Br)cc(Br)c1O. The fourth-order valence-electron chi connectivity index (χ4n) is 1.84. The van der Waals surface area contributed by atoms with Gasteiger partial charge in [0.2, 0.25) is 0 Å². The molecule has 0 aliphatic rings. The van der Waals surface area contributed by atoms with Gasteiger partial charge in [-0.05, 0) is 53.2 Å². The van der Waals surface area contributed by atoms with Crippen molar-refractivity contribution in [2.24, 2.45) is 5.10 Å². The third-order valence-electron chi connectivity index (χ3n) is 3.04. The summed E-state index contributed by atoms with van der Waals surface area (Å²) in [5.74, 6) is -0.240. The topological polar surface area (TPSA) is 73.7 Å². The Bertz CT molecular complexity index is 781. The van der Waals surface area contributed by atoms with Crippen LogP contribution >= 0.6 is 47.8 Å². The van der Waals surface area contributed by atoms with Crippen LogP contribution in [-0.4, -0.2) is 23.3 Å². The molecule has 3 N–H and O–H groups in total. The van der Waals surface area contributed by atoms with Crippen molar-refractivity contribution < 1.29 is 9.90 Å². The van der Waals surface area contributed by atoms with Gasteiger partial charge >= 0.3 is 0 Å². The van der Waals surface area contributed by atoms with Gasteiger partial charge in [-0.1, -0.05) is 37.9 Å². The normalized spacial score (nSPS) is 12.2. The van der Waals surface area contributed by atoms with E-state index in [4.69, 9.17) is 0 Å². The van der Waals surface area contributed by atoms with E-state index >= 15 is 0 Å². The Morgan fingerprint density at radius 1 is 1.21 bits per heavy atom. The molecule has 1 amide bonds. The van der Waals surface area contributed by atoms with Crippen molar-refractivity contribution in [3.8, 4) is 5.75 Å². The van der Waals surface area contributed by atoms with Gasteiger partial charge in [-0.25, -0.2) is 5.43 Å². The molecule has 5 nitrogen and oxygen atoms in total. The predicted molar refractivity (Wildman–Crippen MR) is 106 cm³/mol. The molecule has 1 atom stereocenters. The molecule has 2 aromatic carbocycles. The van der Waals surface area contributed by atoms with Crippen molar-refractivity contribution in [2.45, 2.75) is 13.0 Å². The lowest BCUT2D eigenvalue weighted by molar-refractivity contribution is -0.121. The Kier molecular flexibility index (Phi) is 6.82. The Balaban J connectivity index is 1.97. The van der Waals surface area contributed by atoms with Crippen LogP contribution in [0.4, 0.5) is 5.69 Å². The van der Waals surface area contributed by atoms with E-state index in [-0.39, 0.29) is 11.7 Å². The van der Waals surface area contributed by atoms with Gasteiger partial charge in [0.05, 0.1) is 10.7 Å². The van der Waals surface area contributed by atoms with Crippen LogP contribution < -0.4 is 10.7 Å². The molecule has 0 bridgehead atoms. The fraction of sp³-hybridized carbons (Fsp3) is 0.125. The summed E-state index contributed by atoms with van der Waals surface area (Å²) in [6.45, 7) is 1.74. The molecule has 0 heterocycles. The lowest BCUT2D eigenvalue weighted by Gasteiger charge is -2.13. The van der Waals surface area contributed by atoms with Crippen LogP contribution in [0.25, 0.3) is 0 Å². The number of phenolic OH excluding ortho intramolecular Hbond substituents is 1. The summed E-state index contributed by atoms with van der Waals surface area (Å²) in [4.78, 5) is 12.1. The second kappa shape index (κ2) is 8.64. The molecule has 2 aromatic rings. The highest BCUT2D eigenvalue weighted by molar-refractivity contribution is 9.11. The van der Waals surface area contributed by atoms with E-state index in [1.165, 1.54) is 6.21 Å². The van der Waals surface area contributed by atoms with Gasteiger partial charge in [0, 0.05) is 20.2 Å². The Morgan fingerprint density at radius 3 is 2.67 bits per heavy atom. The molecule has 8 heteroatoms.